The topological polar surface area (TPSA) is 402 Å². The molecule has 25 heteroatoms. The number of amides is 8. The molecule has 370 valence electrons. The highest BCUT2D eigenvalue weighted by atomic mass is 16.4. The summed E-state index contributed by atoms with van der Waals surface area (Å²) in [6.07, 6.45) is 1.22. The molecule has 2 heterocycles. The first-order chi connectivity index (χ1) is 32.7. The zero-order valence-electron chi connectivity index (χ0n) is 37.5. The van der Waals surface area contributed by atoms with Crippen molar-refractivity contribution in [3.63, 3.8) is 0 Å². The van der Waals surface area contributed by atoms with Crippen LogP contribution in [-0.2, 0) is 65.6 Å². The maximum atomic E-state index is 13.9. The molecule has 6 atom stereocenters. The van der Waals surface area contributed by atoms with E-state index in [0.29, 0.717) is 16.5 Å². The monoisotopic (exact) mass is 961 g/mol. The second-order valence-corrected chi connectivity index (χ2v) is 15.9. The van der Waals surface area contributed by atoms with E-state index in [1.54, 1.807) is 36.7 Å². The van der Waals surface area contributed by atoms with Crippen LogP contribution in [0.25, 0.3) is 21.8 Å². The number of carbonyl (C=O) groups is 11. The maximum Gasteiger partial charge on any atom is 0.322 e. The number of nitrogens with one attached hydrogen (secondary N) is 10. The minimum Gasteiger partial charge on any atom is -0.481 e. The van der Waals surface area contributed by atoms with Gasteiger partial charge in [-0.1, -0.05) is 36.4 Å². The number of aliphatic carboxylic acids is 3. The van der Waals surface area contributed by atoms with Crippen LogP contribution in [0.4, 0.5) is 0 Å². The third kappa shape index (κ3) is 16.8. The van der Waals surface area contributed by atoms with E-state index >= 15 is 0 Å². The molecule has 0 fully saturated rings. The lowest BCUT2D eigenvalue weighted by atomic mass is 10.0. The van der Waals surface area contributed by atoms with Gasteiger partial charge in [-0.15, -0.1) is 0 Å². The largest absolute Gasteiger partial charge is 0.481 e. The van der Waals surface area contributed by atoms with E-state index in [1.165, 1.54) is 13.8 Å². The molecule has 15 N–H and O–H groups in total. The van der Waals surface area contributed by atoms with Crippen molar-refractivity contribution in [1.29, 1.82) is 0 Å². The molecule has 0 aliphatic rings. The fourth-order valence-electron chi connectivity index (χ4n) is 6.87. The Morgan fingerprint density at radius 1 is 0.493 bits per heavy atom. The number of carboxylic acid groups (broad SMARTS) is 3. The van der Waals surface area contributed by atoms with Crippen LogP contribution >= 0.6 is 0 Å². The lowest BCUT2D eigenvalue weighted by molar-refractivity contribution is -0.139. The van der Waals surface area contributed by atoms with E-state index in [0.717, 1.165) is 16.5 Å². The van der Waals surface area contributed by atoms with E-state index in [9.17, 15) is 63.0 Å². The molecule has 4 aromatic rings. The Balaban J connectivity index is 1.40. The molecule has 0 bridgehead atoms. The smallest absolute Gasteiger partial charge is 0.322 e. The number of benzene rings is 2. The molecule has 0 radical (unpaired) electrons. The second kappa shape index (κ2) is 25.5. The normalized spacial score (nSPS) is 13.6. The number of fused-ring (bicyclic) bond motifs is 2. The van der Waals surface area contributed by atoms with Gasteiger partial charge in [-0.3, -0.25) is 52.7 Å². The van der Waals surface area contributed by atoms with Crippen LogP contribution in [0.1, 0.15) is 50.7 Å². The number of carboxylic acids is 3. The number of aromatic amines is 2. The number of carbonyl (C=O) groups excluding carboxylic acids is 8. The average Bonchev–Trinajstić information content (AvgIpc) is 3.92. The second-order valence-electron chi connectivity index (χ2n) is 15.9. The summed E-state index contributed by atoms with van der Waals surface area (Å²) in [5.74, 6) is -11.0. The van der Waals surface area contributed by atoms with Crippen LogP contribution in [0.5, 0.6) is 0 Å². The molecule has 0 spiro atoms. The van der Waals surface area contributed by atoms with Gasteiger partial charge in [0.05, 0.1) is 19.1 Å². The van der Waals surface area contributed by atoms with Crippen molar-refractivity contribution in [2.45, 2.75) is 88.6 Å². The van der Waals surface area contributed by atoms with Gasteiger partial charge in [-0.25, -0.2) is 0 Å². The number of para-hydroxylation sites is 2. The lowest BCUT2D eigenvalue weighted by Gasteiger charge is -2.24. The number of hydrogen-bond acceptors (Lipinski definition) is 12. The highest BCUT2D eigenvalue weighted by Gasteiger charge is 2.31. The Morgan fingerprint density at radius 2 is 0.928 bits per heavy atom. The molecule has 6 unspecified atom stereocenters. The fraction of sp³-hybridized carbons (Fsp3) is 0.386. The highest BCUT2D eigenvalue weighted by Crippen LogP contribution is 2.20. The predicted molar refractivity (Wildman–Crippen MR) is 243 cm³/mol. The van der Waals surface area contributed by atoms with Gasteiger partial charge < -0.3 is 73.6 Å². The van der Waals surface area contributed by atoms with E-state index in [4.69, 9.17) is 10.8 Å². The van der Waals surface area contributed by atoms with Crippen LogP contribution in [0.15, 0.2) is 60.9 Å². The average molecular weight is 962 g/mol. The van der Waals surface area contributed by atoms with Gasteiger partial charge in [0.1, 0.15) is 36.8 Å². The molecule has 4 rings (SSSR count). The van der Waals surface area contributed by atoms with Gasteiger partial charge in [0.15, 0.2) is 0 Å². The first-order valence-electron chi connectivity index (χ1n) is 21.6. The number of hydrogen-bond donors (Lipinski definition) is 14. The Kier molecular flexibility index (Phi) is 19.7. The Morgan fingerprint density at radius 3 is 1.41 bits per heavy atom. The minimum absolute atomic E-state index is 0.0818. The van der Waals surface area contributed by atoms with Crippen LogP contribution in [0, 0.1) is 0 Å². The summed E-state index contributed by atoms with van der Waals surface area (Å²) < 4.78 is 0. The molecule has 0 aliphatic heterocycles. The summed E-state index contributed by atoms with van der Waals surface area (Å²) in [5.41, 5.74) is 8.96. The summed E-state index contributed by atoms with van der Waals surface area (Å²) in [6, 6.07) is 6.07. The van der Waals surface area contributed by atoms with Crippen molar-refractivity contribution < 1.29 is 68.1 Å². The molecule has 0 saturated heterocycles. The van der Waals surface area contributed by atoms with Gasteiger partial charge in [0, 0.05) is 53.5 Å². The molecule has 0 aliphatic carbocycles. The van der Waals surface area contributed by atoms with Crippen molar-refractivity contribution in [2.75, 3.05) is 19.6 Å². The molecular formula is C44H55N11O14. The van der Waals surface area contributed by atoms with Crippen molar-refractivity contribution in [3.8, 4) is 0 Å². The highest BCUT2D eigenvalue weighted by molar-refractivity contribution is 5.97. The molecule has 69 heavy (non-hydrogen) atoms. The predicted octanol–water partition coefficient (Wildman–Crippen LogP) is -2.61. The standard InChI is InChI=1S/C44H55N11O14/c1-22(39(64)49-19-34(56)48-21-38(62)63)52-43(68)32(12-14-37(60)61)55-44(69)33(16-25-18-47-30-10-6-4-8-27(25)30)53-35(57)20-50-40(65)23(2)51-42(67)31(11-13-36(58)59)54-41(66)28(45)15-24-17-46-29-9-5-3-7-26(24)29/h3-10,17-18,22-23,28,31-33,46-47H,11-16,19-21,45H2,1-2H3,(H,48,56)(H,49,64)(H,50,65)(H,51,67)(H,52,68)(H,53,57)(H,54,66)(H,55,69)(H,58,59)(H,60,61)(H,62,63). The van der Waals surface area contributed by atoms with E-state index in [-0.39, 0.29) is 19.3 Å². The fourth-order valence-corrected chi connectivity index (χ4v) is 6.87. The summed E-state index contributed by atoms with van der Waals surface area (Å²) in [4.78, 5) is 145. The molecule has 2 aromatic heterocycles. The molecule has 8 amide bonds. The molecule has 25 nitrogen and oxygen atoms in total. The van der Waals surface area contributed by atoms with Gasteiger partial charge in [-0.05, 0) is 56.4 Å². The van der Waals surface area contributed by atoms with E-state index < -0.39 is 140 Å². The van der Waals surface area contributed by atoms with Crippen molar-refractivity contribution in [2.24, 2.45) is 5.73 Å². The summed E-state index contributed by atoms with van der Waals surface area (Å²) in [6.45, 7) is 0.424. The number of rotatable bonds is 27. The molecule has 0 saturated carbocycles. The Bertz CT molecular complexity index is 2560. The van der Waals surface area contributed by atoms with Gasteiger partial charge >= 0.3 is 17.9 Å². The third-order valence-corrected chi connectivity index (χ3v) is 10.5. The zero-order chi connectivity index (χ0) is 50.8. The van der Waals surface area contributed by atoms with Crippen molar-refractivity contribution in [3.05, 3.63) is 72.1 Å². The zero-order valence-corrected chi connectivity index (χ0v) is 37.5. The van der Waals surface area contributed by atoms with Crippen molar-refractivity contribution >= 4 is 87.0 Å². The van der Waals surface area contributed by atoms with Crippen LogP contribution in [-0.4, -0.2) is 146 Å². The summed E-state index contributed by atoms with van der Waals surface area (Å²) >= 11 is 0. The lowest BCUT2D eigenvalue weighted by Crippen LogP contribution is -2.58. The summed E-state index contributed by atoms with van der Waals surface area (Å²) in [5, 5.41) is 47.6. The SMILES string of the molecule is CC(NC(=O)C(CCC(=O)O)NC(=O)C(N)Cc1c[nH]c2ccccc12)C(=O)NCC(=O)NC(Cc1c[nH]c2ccccc12)C(=O)NC(CCC(=O)O)C(=O)NC(C)C(=O)NCC(=O)NCC(=O)O. The number of aromatic nitrogens is 2. The van der Waals surface area contributed by atoms with Crippen LogP contribution in [0.2, 0.25) is 0 Å². The van der Waals surface area contributed by atoms with Gasteiger partial charge in [-0.2, -0.15) is 0 Å². The van der Waals surface area contributed by atoms with Crippen LogP contribution in [0.3, 0.4) is 0 Å². The van der Waals surface area contributed by atoms with E-state index in [2.05, 4.69) is 47.2 Å². The Labute approximate surface area is 392 Å². The molecular weight excluding hydrogens is 907 g/mol. The Hall–Kier alpha value is -8.35. The quantitative estimate of drug-likeness (QED) is 0.0291. The molecule has 2 aromatic carbocycles. The first-order valence-corrected chi connectivity index (χ1v) is 21.6. The van der Waals surface area contributed by atoms with Crippen molar-refractivity contribution in [1.82, 2.24) is 52.5 Å². The first kappa shape index (κ1) is 53.3. The van der Waals surface area contributed by atoms with Crippen LogP contribution < -0.4 is 48.3 Å². The number of H-pyrrole nitrogens is 2. The third-order valence-electron chi connectivity index (χ3n) is 10.5. The number of nitrogens with two attached hydrogens (primary N) is 1. The maximum absolute atomic E-state index is 13.9. The van der Waals surface area contributed by atoms with Gasteiger partial charge in [0.2, 0.25) is 47.3 Å². The summed E-state index contributed by atoms with van der Waals surface area (Å²) in [7, 11) is 0. The minimum atomic E-state index is -1.58. The van der Waals surface area contributed by atoms with E-state index in [1.807, 2.05) is 29.6 Å². The van der Waals surface area contributed by atoms with Gasteiger partial charge in [0.25, 0.3) is 0 Å².